The van der Waals surface area contributed by atoms with Crippen LogP contribution in [0.5, 0.6) is 0 Å². The zero-order valence-corrected chi connectivity index (χ0v) is 6.37. The van der Waals surface area contributed by atoms with Gasteiger partial charge in [0.1, 0.15) is 5.78 Å². The quantitative estimate of drug-likeness (QED) is 0.517. The number of hydrogen-bond acceptors (Lipinski definition) is 1. The summed E-state index contributed by atoms with van der Waals surface area (Å²) in [6.45, 7) is 1.95. The summed E-state index contributed by atoms with van der Waals surface area (Å²) in [5, 5.41) is 0. The van der Waals surface area contributed by atoms with Gasteiger partial charge in [-0.05, 0) is 12.8 Å². The van der Waals surface area contributed by atoms with E-state index in [0.29, 0.717) is 11.7 Å². The Kier molecular flexibility index (Phi) is 1.80. The first-order chi connectivity index (χ1) is 4.19. The van der Waals surface area contributed by atoms with Crippen molar-refractivity contribution in [2.75, 3.05) is 5.88 Å². The number of hydrogen-bond donors (Lipinski definition) is 0. The predicted octanol–water partition coefficient (Wildman–Crippen LogP) is 1.98. The monoisotopic (exact) mass is 146 g/mol. The Balaban J connectivity index is 2.67. The van der Waals surface area contributed by atoms with Crippen molar-refractivity contribution in [1.82, 2.24) is 0 Å². The third kappa shape index (κ3) is 1.11. The molecular weight excluding hydrogens is 136 g/mol. The van der Waals surface area contributed by atoms with Crippen molar-refractivity contribution in [3.8, 4) is 0 Å². The van der Waals surface area contributed by atoms with Crippen molar-refractivity contribution in [2.45, 2.75) is 26.2 Å². The minimum atomic E-state index is -0.179. The lowest BCUT2D eigenvalue weighted by molar-refractivity contribution is -0.124. The van der Waals surface area contributed by atoms with E-state index in [1.807, 2.05) is 6.92 Å². The molecule has 1 unspecified atom stereocenters. The lowest BCUT2D eigenvalue weighted by Crippen LogP contribution is -2.22. The molecule has 1 nitrogen and oxygen atoms in total. The zero-order valence-electron chi connectivity index (χ0n) is 5.61. The first kappa shape index (κ1) is 7.07. The molecule has 0 heterocycles. The highest BCUT2D eigenvalue weighted by molar-refractivity contribution is 6.20. The number of carbonyl (C=O) groups excluding carboxylic acids is 1. The summed E-state index contributed by atoms with van der Waals surface area (Å²) in [6, 6.07) is 0. The van der Waals surface area contributed by atoms with Crippen molar-refractivity contribution >= 4 is 17.4 Å². The van der Waals surface area contributed by atoms with Gasteiger partial charge >= 0.3 is 0 Å². The molecule has 0 bridgehead atoms. The Morgan fingerprint density at radius 1 is 1.78 bits per heavy atom. The van der Waals surface area contributed by atoms with Crippen LogP contribution in [0.25, 0.3) is 0 Å². The topological polar surface area (TPSA) is 17.1 Å². The largest absolute Gasteiger partial charge is 0.299 e. The van der Waals surface area contributed by atoms with Crippen molar-refractivity contribution in [3.05, 3.63) is 0 Å². The summed E-state index contributed by atoms with van der Waals surface area (Å²) in [5.41, 5.74) is -0.179. The normalized spacial score (nSPS) is 35.6. The molecule has 1 atom stereocenters. The lowest BCUT2D eigenvalue weighted by atomic mass is 9.91. The van der Waals surface area contributed by atoms with Gasteiger partial charge in [0.05, 0.1) is 0 Å². The van der Waals surface area contributed by atoms with Crippen LogP contribution in [-0.2, 0) is 4.79 Å². The Morgan fingerprint density at radius 3 is 2.67 bits per heavy atom. The van der Waals surface area contributed by atoms with Crippen LogP contribution in [0.15, 0.2) is 0 Å². The molecular formula is C7H11ClO. The Labute approximate surface area is 60.4 Å². The number of carbonyl (C=O) groups is 1. The van der Waals surface area contributed by atoms with E-state index < -0.39 is 0 Å². The number of alkyl halides is 1. The van der Waals surface area contributed by atoms with Crippen LogP contribution in [0.2, 0.25) is 0 Å². The maximum Gasteiger partial charge on any atom is 0.139 e. The average Bonchev–Trinajstić information content (AvgIpc) is 2.15. The van der Waals surface area contributed by atoms with Crippen molar-refractivity contribution in [3.63, 3.8) is 0 Å². The van der Waals surface area contributed by atoms with Gasteiger partial charge in [-0.15, -0.1) is 11.6 Å². The molecule has 0 saturated heterocycles. The second-order valence-electron chi connectivity index (χ2n) is 2.97. The molecule has 0 spiro atoms. The van der Waals surface area contributed by atoms with Crippen LogP contribution in [0.4, 0.5) is 0 Å². The van der Waals surface area contributed by atoms with Gasteiger partial charge in [-0.25, -0.2) is 0 Å². The Hall–Kier alpha value is -0.0400. The van der Waals surface area contributed by atoms with Crippen LogP contribution in [0.3, 0.4) is 0 Å². The molecule has 0 radical (unpaired) electrons. The standard InChI is InChI=1S/C7H11ClO/c1-7(5-8)4-2-3-6(7)9/h2-5H2,1H3. The summed E-state index contributed by atoms with van der Waals surface area (Å²) in [6.07, 6.45) is 2.75. The molecule has 1 rings (SSSR count). The fourth-order valence-corrected chi connectivity index (χ4v) is 1.50. The number of halogens is 1. The molecule has 1 saturated carbocycles. The van der Waals surface area contributed by atoms with E-state index in [0.717, 1.165) is 19.3 Å². The van der Waals surface area contributed by atoms with Gasteiger partial charge in [0.2, 0.25) is 0 Å². The van der Waals surface area contributed by atoms with Crippen LogP contribution in [0, 0.1) is 5.41 Å². The van der Waals surface area contributed by atoms with E-state index in [9.17, 15) is 4.79 Å². The Morgan fingerprint density at radius 2 is 2.44 bits per heavy atom. The molecule has 0 aromatic heterocycles. The fourth-order valence-electron chi connectivity index (χ4n) is 1.22. The van der Waals surface area contributed by atoms with Crippen molar-refractivity contribution in [2.24, 2.45) is 5.41 Å². The van der Waals surface area contributed by atoms with E-state index in [1.165, 1.54) is 0 Å². The molecule has 1 aliphatic carbocycles. The predicted molar refractivity (Wildman–Crippen MR) is 37.7 cm³/mol. The van der Waals surface area contributed by atoms with Crippen LogP contribution < -0.4 is 0 Å². The minimum absolute atomic E-state index is 0.179. The third-order valence-electron chi connectivity index (χ3n) is 2.10. The summed E-state index contributed by atoms with van der Waals surface area (Å²) >= 11 is 5.62. The average molecular weight is 147 g/mol. The van der Waals surface area contributed by atoms with Gasteiger partial charge in [-0.3, -0.25) is 4.79 Å². The molecule has 0 aromatic rings. The summed E-state index contributed by atoms with van der Waals surface area (Å²) in [7, 11) is 0. The number of ketones is 1. The van der Waals surface area contributed by atoms with Gasteiger partial charge in [0, 0.05) is 17.7 Å². The molecule has 9 heavy (non-hydrogen) atoms. The first-order valence-electron chi connectivity index (χ1n) is 3.28. The first-order valence-corrected chi connectivity index (χ1v) is 3.82. The van der Waals surface area contributed by atoms with Crippen molar-refractivity contribution in [1.29, 1.82) is 0 Å². The summed E-state index contributed by atoms with van der Waals surface area (Å²) in [5.74, 6) is 0.837. The van der Waals surface area contributed by atoms with Gasteiger partial charge in [-0.1, -0.05) is 6.92 Å². The Bertz CT molecular complexity index is 133. The lowest BCUT2D eigenvalue weighted by Gasteiger charge is -2.16. The summed E-state index contributed by atoms with van der Waals surface area (Å²) in [4.78, 5) is 11.0. The van der Waals surface area contributed by atoms with Gasteiger partial charge in [0.15, 0.2) is 0 Å². The molecule has 52 valence electrons. The molecule has 0 amide bonds. The maximum atomic E-state index is 11.0. The minimum Gasteiger partial charge on any atom is -0.299 e. The highest BCUT2D eigenvalue weighted by Gasteiger charge is 2.35. The van der Waals surface area contributed by atoms with E-state index in [1.54, 1.807) is 0 Å². The highest BCUT2D eigenvalue weighted by atomic mass is 35.5. The van der Waals surface area contributed by atoms with Gasteiger partial charge < -0.3 is 0 Å². The molecule has 1 fully saturated rings. The number of rotatable bonds is 1. The van der Waals surface area contributed by atoms with E-state index in [-0.39, 0.29) is 5.41 Å². The molecule has 2 heteroatoms. The van der Waals surface area contributed by atoms with Crippen LogP contribution in [-0.4, -0.2) is 11.7 Å². The second kappa shape index (κ2) is 2.30. The van der Waals surface area contributed by atoms with Crippen LogP contribution in [0.1, 0.15) is 26.2 Å². The molecule has 1 aliphatic rings. The third-order valence-corrected chi connectivity index (χ3v) is 2.69. The van der Waals surface area contributed by atoms with E-state index >= 15 is 0 Å². The van der Waals surface area contributed by atoms with Crippen LogP contribution >= 0.6 is 11.6 Å². The molecule has 0 aromatic carbocycles. The van der Waals surface area contributed by atoms with Gasteiger partial charge in [-0.2, -0.15) is 0 Å². The summed E-state index contributed by atoms with van der Waals surface area (Å²) < 4.78 is 0. The fraction of sp³-hybridized carbons (Fsp3) is 0.857. The number of Topliss-reactive ketones (excluding diaryl/α,β-unsaturated/α-hetero) is 1. The van der Waals surface area contributed by atoms with E-state index in [2.05, 4.69) is 0 Å². The van der Waals surface area contributed by atoms with Crippen molar-refractivity contribution < 1.29 is 4.79 Å². The second-order valence-corrected chi connectivity index (χ2v) is 3.24. The molecule has 0 aliphatic heterocycles. The van der Waals surface area contributed by atoms with E-state index in [4.69, 9.17) is 11.6 Å². The maximum absolute atomic E-state index is 11.0. The molecule has 0 N–H and O–H groups in total. The van der Waals surface area contributed by atoms with Gasteiger partial charge in [0.25, 0.3) is 0 Å². The smallest absolute Gasteiger partial charge is 0.139 e. The SMILES string of the molecule is CC1(CCl)CCCC1=O. The zero-order chi connectivity index (χ0) is 6.91. The highest BCUT2D eigenvalue weighted by Crippen LogP contribution is 2.34.